The minimum absolute atomic E-state index is 0.378. The summed E-state index contributed by atoms with van der Waals surface area (Å²) in [5.41, 5.74) is 6.53. The maximum atomic E-state index is 5.87. The summed E-state index contributed by atoms with van der Waals surface area (Å²) in [6.07, 6.45) is 4.88. The standard InChI is InChI=1S/C13H23N3O/c1-4-5-6-7-10(2)15-13-11(14)8-9-12(16-13)17-3/h8-10H,4-7,14H2,1-3H3,(H,15,16). The molecule has 17 heavy (non-hydrogen) atoms. The van der Waals surface area contributed by atoms with Gasteiger partial charge in [-0.1, -0.05) is 26.2 Å². The van der Waals surface area contributed by atoms with Crippen LogP contribution in [-0.2, 0) is 0 Å². The van der Waals surface area contributed by atoms with Gasteiger partial charge in [-0.05, 0) is 19.4 Å². The van der Waals surface area contributed by atoms with Gasteiger partial charge in [-0.3, -0.25) is 0 Å². The number of pyridine rings is 1. The van der Waals surface area contributed by atoms with Crippen molar-refractivity contribution in [3.05, 3.63) is 12.1 Å². The summed E-state index contributed by atoms with van der Waals surface area (Å²) in [6.45, 7) is 4.36. The van der Waals surface area contributed by atoms with E-state index in [1.807, 2.05) is 6.07 Å². The topological polar surface area (TPSA) is 60.2 Å². The molecule has 0 bridgehead atoms. The van der Waals surface area contributed by atoms with Gasteiger partial charge in [0.2, 0.25) is 5.88 Å². The second kappa shape index (κ2) is 6.99. The van der Waals surface area contributed by atoms with Gasteiger partial charge >= 0.3 is 0 Å². The number of nitrogens with one attached hydrogen (secondary N) is 1. The van der Waals surface area contributed by atoms with Gasteiger partial charge in [-0.2, -0.15) is 4.98 Å². The quantitative estimate of drug-likeness (QED) is 0.715. The molecule has 0 amide bonds. The van der Waals surface area contributed by atoms with Crippen molar-refractivity contribution in [3.8, 4) is 5.88 Å². The van der Waals surface area contributed by atoms with E-state index in [1.165, 1.54) is 19.3 Å². The first kappa shape index (κ1) is 13.6. The average Bonchev–Trinajstić information content (AvgIpc) is 2.32. The Bertz CT molecular complexity index is 341. The van der Waals surface area contributed by atoms with Gasteiger partial charge in [0.05, 0.1) is 12.8 Å². The number of hydrogen-bond acceptors (Lipinski definition) is 4. The number of rotatable bonds is 7. The van der Waals surface area contributed by atoms with E-state index in [1.54, 1.807) is 13.2 Å². The van der Waals surface area contributed by atoms with Crippen LogP contribution in [-0.4, -0.2) is 18.1 Å². The van der Waals surface area contributed by atoms with Crippen molar-refractivity contribution >= 4 is 11.5 Å². The van der Waals surface area contributed by atoms with Gasteiger partial charge in [0, 0.05) is 12.1 Å². The molecule has 0 aliphatic heterocycles. The van der Waals surface area contributed by atoms with Gasteiger partial charge in [-0.15, -0.1) is 0 Å². The van der Waals surface area contributed by atoms with Crippen LogP contribution in [0.15, 0.2) is 12.1 Å². The van der Waals surface area contributed by atoms with Crippen LogP contribution in [0, 0.1) is 0 Å². The molecule has 1 aromatic rings. The summed E-state index contributed by atoms with van der Waals surface area (Å²) >= 11 is 0. The zero-order valence-corrected chi connectivity index (χ0v) is 11.0. The average molecular weight is 237 g/mol. The molecule has 0 fully saturated rings. The number of unbranched alkanes of at least 4 members (excludes halogenated alkanes) is 2. The van der Waals surface area contributed by atoms with E-state index < -0.39 is 0 Å². The summed E-state index contributed by atoms with van der Waals surface area (Å²) < 4.78 is 5.08. The van der Waals surface area contributed by atoms with Gasteiger partial charge in [0.25, 0.3) is 0 Å². The van der Waals surface area contributed by atoms with E-state index in [9.17, 15) is 0 Å². The SMILES string of the molecule is CCCCCC(C)Nc1nc(OC)ccc1N. The molecule has 0 saturated carbocycles. The fourth-order valence-electron chi connectivity index (χ4n) is 1.69. The van der Waals surface area contributed by atoms with E-state index in [2.05, 4.69) is 24.1 Å². The van der Waals surface area contributed by atoms with Crippen LogP contribution in [0.3, 0.4) is 0 Å². The lowest BCUT2D eigenvalue weighted by molar-refractivity contribution is 0.398. The van der Waals surface area contributed by atoms with Crippen LogP contribution in [0.5, 0.6) is 5.88 Å². The predicted octanol–water partition coefficient (Wildman–Crippen LogP) is 3.05. The van der Waals surface area contributed by atoms with E-state index in [0.717, 1.165) is 6.42 Å². The number of nitrogens with two attached hydrogens (primary N) is 1. The first-order valence-electron chi connectivity index (χ1n) is 6.24. The molecule has 4 heteroatoms. The highest BCUT2D eigenvalue weighted by atomic mass is 16.5. The van der Waals surface area contributed by atoms with E-state index >= 15 is 0 Å². The smallest absolute Gasteiger partial charge is 0.215 e. The Labute approximate surface area is 104 Å². The number of hydrogen-bond donors (Lipinski definition) is 2. The van der Waals surface area contributed by atoms with Crippen LogP contribution in [0.1, 0.15) is 39.5 Å². The Morgan fingerprint density at radius 2 is 2.18 bits per heavy atom. The zero-order valence-electron chi connectivity index (χ0n) is 11.0. The fourth-order valence-corrected chi connectivity index (χ4v) is 1.69. The summed E-state index contributed by atoms with van der Waals surface area (Å²) in [6, 6.07) is 3.96. The Morgan fingerprint density at radius 3 is 2.82 bits per heavy atom. The minimum Gasteiger partial charge on any atom is -0.481 e. The van der Waals surface area contributed by atoms with Gasteiger partial charge in [-0.25, -0.2) is 0 Å². The lowest BCUT2D eigenvalue weighted by atomic mass is 10.1. The molecule has 0 aliphatic rings. The first-order chi connectivity index (χ1) is 8.17. The van der Waals surface area contributed by atoms with Gasteiger partial charge in [0.1, 0.15) is 0 Å². The van der Waals surface area contributed by atoms with E-state index in [-0.39, 0.29) is 0 Å². The molecule has 1 aromatic heterocycles. The van der Waals surface area contributed by atoms with Crippen LogP contribution in [0.2, 0.25) is 0 Å². The van der Waals surface area contributed by atoms with Crippen molar-refractivity contribution in [2.24, 2.45) is 0 Å². The minimum atomic E-state index is 0.378. The van der Waals surface area contributed by atoms with Crippen molar-refractivity contribution in [2.45, 2.75) is 45.6 Å². The monoisotopic (exact) mass is 237 g/mol. The fraction of sp³-hybridized carbons (Fsp3) is 0.615. The summed E-state index contributed by atoms with van der Waals surface area (Å²) in [7, 11) is 1.60. The Balaban J connectivity index is 2.54. The van der Waals surface area contributed by atoms with Crippen molar-refractivity contribution in [2.75, 3.05) is 18.2 Å². The van der Waals surface area contributed by atoms with E-state index in [0.29, 0.717) is 23.4 Å². The maximum Gasteiger partial charge on any atom is 0.215 e. The highest BCUT2D eigenvalue weighted by Gasteiger charge is 2.07. The Morgan fingerprint density at radius 1 is 1.41 bits per heavy atom. The largest absolute Gasteiger partial charge is 0.481 e. The molecule has 4 nitrogen and oxygen atoms in total. The highest BCUT2D eigenvalue weighted by Crippen LogP contribution is 2.21. The predicted molar refractivity (Wildman–Crippen MR) is 72.4 cm³/mol. The molecule has 0 aliphatic carbocycles. The molecule has 1 heterocycles. The normalized spacial score (nSPS) is 12.2. The third-order valence-corrected chi connectivity index (χ3v) is 2.73. The third-order valence-electron chi connectivity index (χ3n) is 2.73. The molecule has 1 unspecified atom stereocenters. The molecule has 0 saturated heterocycles. The van der Waals surface area contributed by atoms with Gasteiger partial charge < -0.3 is 15.8 Å². The summed E-state index contributed by atoms with van der Waals surface area (Å²) in [5.74, 6) is 1.30. The third kappa shape index (κ3) is 4.51. The molecule has 1 rings (SSSR count). The molecule has 0 spiro atoms. The second-order valence-electron chi connectivity index (χ2n) is 4.33. The van der Waals surface area contributed by atoms with Crippen molar-refractivity contribution in [1.29, 1.82) is 0 Å². The second-order valence-corrected chi connectivity index (χ2v) is 4.33. The molecular formula is C13H23N3O. The Kier molecular flexibility index (Phi) is 5.60. The lowest BCUT2D eigenvalue weighted by Gasteiger charge is -2.16. The Hall–Kier alpha value is -1.45. The first-order valence-corrected chi connectivity index (χ1v) is 6.24. The van der Waals surface area contributed by atoms with Crippen molar-refractivity contribution in [3.63, 3.8) is 0 Å². The number of aromatic nitrogens is 1. The molecule has 1 atom stereocenters. The van der Waals surface area contributed by atoms with Crippen LogP contribution >= 0.6 is 0 Å². The zero-order chi connectivity index (χ0) is 12.7. The number of methoxy groups -OCH3 is 1. The molecule has 0 radical (unpaired) electrons. The number of ether oxygens (including phenoxy) is 1. The van der Waals surface area contributed by atoms with Crippen LogP contribution in [0.25, 0.3) is 0 Å². The van der Waals surface area contributed by atoms with Crippen LogP contribution in [0.4, 0.5) is 11.5 Å². The molecule has 0 aromatic carbocycles. The maximum absolute atomic E-state index is 5.87. The molecule has 96 valence electrons. The molecule has 3 N–H and O–H groups in total. The van der Waals surface area contributed by atoms with Crippen molar-refractivity contribution in [1.82, 2.24) is 4.98 Å². The molecular weight excluding hydrogens is 214 g/mol. The number of nitrogens with zero attached hydrogens (tertiary/aromatic N) is 1. The summed E-state index contributed by atoms with van der Waals surface area (Å²) in [4.78, 5) is 4.30. The summed E-state index contributed by atoms with van der Waals surface area (Å²) in [5, 5.41) is 3.33. The highest BCUT2D eigenvalue weighted by molar-refractivity contribution is 5.62. The number of anilines is 2. The lowest BCUT2D eigenvalue weighted by Crippen LogP contribution is -2.17. The van der Waals surface area contributed by atoms with Crippen LogP contribution < -0.4 is 15.8 Å². The number of nitrogen functional groups attached to an aromatic ring is 1. The van der Waals surface area contributed by atoms with Gasteiger partial charge in [0.15, 0.2) is 5.82 Å². The van der Waals surface area contributed by atoms with Crippen molar-refractivity contribution < 1.29 is 4.74 Å². The van der Waals surface area contributed by atoms with E-state index in [4.69, 9.17) is 10.5 Å².